The van der Waals surface area contributed by atoms with E-state index in [1.807, 2.05) is 0 Å². The van der Waals surface area contributed by atoms with Crippen LogP contribution in [0.15, 0.2) is 0 Å². The van der Waals surface area contributed by atoms with Crippen LogP contribution in [0.1, 0.15) is 26.7 Å². The zero-order valence-electron chi connectivity index (χ0n) is 10.9. The second-order valence-corrected chi connectivity index (χ2v) is 8.24. The molecule has 0 aromatic heterocycles. The molecular weight excluding hydrogens is 236 g/mol. The fourth-order valence-corrected chi connectivity index (χ4v) is 3.43. The summed E-state index contributed by atoms with van der Waals surface area (Å²) in [4.78, 5) is 2.38. The maximum Gasteiger partial charge on any atom is 0.153 e. The van der Waals surface area contributed by atoms with Crippen molar-refractivity contribution in [2.75, 3.05) is 31.9 Å². The van der Waals surface area contributed by atoms with Crippen molar-refractivity contribution in [3.05, 3.63) is 0 Å². The summed E-state index contributed by atoms with van der Waals surface area (Å²) in [5.74, 6) is 1.12. The molecule has 0 aromatic carbocycles. The summed E-state index contributed by atoms with van der Waals surface area (Å²) in [5, 5.41) is 3.17. The van der Waals surface area contributed by atoms with Crippen LogP contribution in [0.2, 0.25) is 0 Å². The summed E-state index contributed by atoms with van der Waals surface area (Å²) < 4.78 is 23.6. The van der Waals surface area contributed by atoms with Gasteiger partial charge in [0, 0.05) is 32.2 Å². The molecule has 0 radical (unpaired) electrons. The second-order valence-electron chi connectivity index (χ2n) is 5.56. The van der Waals surface area contributed by atoms with E-state index in [2.05, 4.69) is 10.2 Å². The van der Waals surface area contributed by atoms with Crippen LogP contribution in [-0.4, -0.2) is 56.5 Å². The van der Waals surface area contributed by atoms with Crippen LogP contribution < -0.4 is 5.32 Å². The predicted octanol–water partition coefficient (Wildman–Crippen LogP) is 0.493. The molecule has 1 atom stereocenters. The second kappa shape index (κ2) is 5.24. The smallest absolute Gasteiger partial charge is 0.153 e. The number of rotatable bonds is 5. The maximum atomic E-state index is 11.8. The van der Waals surface area contributed by atoms with E-state index in [1.165, 1.54) is 12.8 Å². The van der Waals surface area contributed by atoms with Crippen LogP contribution in [0, 0.1) is 5.92 Å². The van der Waals surface area contributed by atoms with Gasteiger partial charge in [-0.15, -0.1) is 0 Å². The molecular formula is C12H24N2O2S. The van der Waals surface area contributed by atoms with Crippen LogP contribution in [0.5, 0.6) is 0 Å². The molecule has 1 saturated heterocycles. The summed E-state index contributed by atoms with van der Waals surface area (Å²) >= 11 is 0. The summed E-state index contributed by atoms with van der Waals surface area (Å²) in [6.07, 6.45) is 2.64. The minimum absolute atomic E-state index is 0.246. The van der Waals surface area contributed by atoms with E-state index in [-0.39, 0.29) is 5.25 Å². The number of sulfone groups is 1. The van der Waals surface area contributed by atoms with Crippen LogP contribution in [0.3, 0.4) is 0 Å². The average Bonchev–Trinajstić information content (AvgIpc) is 3.10. The van der Waals surface area contributed by atoms with Gasteiger partial charge in [-0.2, -0.15) is 0 Å². The summed E-state index contributed by atoms with van der Waals surface area (Å²) in [6, 6.07) is 0.575. The Morgan fingerprint density at radius 2 is 2.06 bits per heavy atom. The van der Waals surface area contributed by atoms with Gasteiger partial charge >= 0.3 is 0 Å². The Balaban J connectivity index is 1.88. The number of nitrogens with one attached hydrogen (secondary N) is 1. The highest BCUT2D eigenvalue weighted by atomic mass is 32.2. The minimum atomic E-state index is -2.89. The number of nitrogens with zero attached hydrogens (tertiary/aromatic N) is 1. The van der Waals surface area contributed by atoms with E-state index >= 15 is 0 Å². The molecule has 0 spiro atoms. The zero-order chi connectivity index (χ0) is 12.5. The van der Waals surface area contributed by atoms with Crippen molar-refractivity contribution in [3.8, 4) is 0 Å². The third-order valence-corrected chi connectivity index (χ3v) is 6.13. The van der Waals surface area contributed by atoms with Gasteiger partial charge in [-0.3, -0.25) is 4.90 Å². The van der Waals surface area contributed by atoms with Crippen molar-refractivity contribution in [1.82, 2.24) is 10.2 Å². The van der Waals surface area contributed by atoms with Gasteiger partial charge in [-0.05, 0) is 32.6 Å². The van der Waals surface area contributed by atoms with E-state index in [9.17, 15) is 8.42 Å². The molecule has 0 amide bonds. The van der Waals surface area contributed by atoms with Crippen LogP contribution in [0.25, 0.3) is 0 Å². The van der Waals surface area contributed by atoms with Crippen molar-refractivity contribution >= 4 is 9.84 Å². The molecule has 2 aliphatic rings. The normalized spacial score (nSPS) is 27.6. The lowest BCUT2D eigenvalue weighted by Gasteiger charge is -2.36. The van der Waals surface area contributed by atoms with Crippen molar-refractivity contribution in [2.24, 2.45) is 5.92 Å². The largest absolute Gasteiger partial charge is 0.314 e. The summed E-state index contributed by atoms with van der Waals surface area (Å²) in [6.45, 7) is 7.27. The van der Waals surface area contributed by atoms with Gasteiger partial charge < -0.3 is 5.32 Å². The standard InChI is InChI=1S/C12H24N2O2S/c1-10(2)17(15,16)8-7-14-6-5-13-9-12(14)11-3-4-11/h10-13H,3-9H2,1-2H3. The van der Waals surface area contributed by atoms with Crippen molar-refractivity contribution in [3.63, 3.8) is 0 Å². The molecule has 100 valence electrons. The molecule has 17 heavy (non-hydrogen) atoms. The molecule has 2 rings (SSSR count). The SMILES string of the molecule is CC(C)S(=O)(=O)CCN1CCNCC1C1CC1. The van der Waals surface area contributed by atoms with Gasteiger partial charge in [0.1, 0.15) is 0 Å². The molecule has 1 aliphatic heterocycles. The number of hydrogen-bond donors (Lipinski definition) is 1. The Morgan fingerprint density at radius 1 is 1.35 bits per heavy atom. The van der Waals surface area contributed by atoms with E-state index < -0.39 is 9.84 Å². The molecule has 1 saturated carbocycles. The average molecular weight is 260 g/mol. The number of hydrogen-bond acceptors (Lipinski definition) is 4. The van der Waals surface area contributed by atoms with Crippen molar-refractivity contribution < 1.29 is 8.42 Å². The first-order valence-corrected chi connectivity index (χ1v) is 8.38. The van der Waals surface area contributed by atoms with Crippen molar-refractivity contribution in [2.45, 2.75) is 38.0 Å². The van der Waals surface area contributed by atoms with Crippen LogP contribution in [-0.2, 0) is 9.84 Å². The highest BCUT2D eigenvalue weighted by Gasteiger charge is 2.36. The Kier molecular flexibility index (Phi) is 4.10. The summed E-state index contributed by atoms with van der Waals surface area (Å²) in [5.41, 5.74) is 0. The minimum Gasteiger partial charge on any atom is -0.314 e. The first-order chi connectivity index (χ1) is 8.00. The first-order valence-electron chi connectivity index (χ1n) is 6.67. The molecule has 4 nitrogen and oxygen atoms in total. The Morgan fingerprint density at radius 3 is 2.65 bits per heavy atom. The molecule has 1 unspecified atom stereocenters. The molecule has 0 bridgehead atoms. The molecule has 2 fully saturated rings. The fourth-order valence-electron chi connectivity index (χ4n) is 2.47. The third kappa shape index (κ3) is 3.42. The van der Waals surface area contributed by atoms with E-state index in [4.69, 9.17) is 0 Å². The van der Waals surface area contributed by atoms with Gasteiger partial charge in [-0.1, -0.05) is 0 Å². The fraction of sp³-hybridized carbons (Fsp3) is 1.00. The molecule has 1 aliphatic carbocycles. The van der Waals surface area contributed by atoms with Gasteiger partial charge in [-0.25, -0.2) is 8.42 Å². The highest BCUT2D eigenvalue weighted by molar-refractivity contribution is 7.92. The predicted molar refractivity (Wildman–Crippen MR) is 69.9 cm³/mol. The van der Waals surface area contributed by atoms with E-state index in [1.54, 1.807) is 13.8 Å². The molecule has 1 heterocycles. The maximum absolute atomic E-state index is 11.8. The van der Waals surface area contributed by atoms with Crippen LogP contribution >= 0.6 is 0 Å². The van der Waals surface area contributed by atoms with Crippen molar-refractivity contribution in [1.29, 1.82) is 0 Å². The Labute approximate surface area is 105 Å². The monoisotopic (exact) mass is 260 g/mol. The lowest BCUT2D eigenvalue weighted by atomic mass is 10.1. The Bertz CT molecular complexity index is 350. The van der Waals surface area contributed by atoms with E-state index in [0.29, 0.717) is 18.3 Å². The molecule has 5 heteroatoms. The first kappa shape index (κ1) is 13.3. The van der Waals surface area contributed by atoms with Crippen LogP contribution in [0.4, 0.5) is 0 Å². The van der Waals surface area contributed by atoms with Gasteiger partial charge in [0.25, 0.3) is 0 Å². The van der Waals surface area contributed by atoms with E-state index in [0.717, 1.165) is 25.6 Å². The highest BCUT2D eigenvalue weighted by Crippen LogP contribution is 2.35. The third-order valence-electron chi connectivity index (χ3n) is 3.95. The quantitative estimate of drug-likeness (QED) is 0.782. The zero-order valence-corrected chi connectivity index (χ0v) is 11.7. The number of piperazine rings is 1. The van der Waals surface area contributed by atoms with Gasteiger partial charge in [0.05, 0.1) is 11.0 Å². The van der Waals surface area contributed by atoms with Gasteiger partial charge in [0.15, 0.2) is 9.84 Å². The topological polar surface area (TPSA) is 49.4 Å². The lowest BCUT2D eigenvalue weighted by molar-refractivity contribution is 0.152. The Hall–Kier alpha value is -0.130. The molecule has 1 N–H and O–H groups in total. The van der Waals surface area contributed by atoms with Gasteiger partial charge in [0.2, 0.25) is 0 Å². The molecule has 0 aromatic rings. The lowest BCUT2D eigenvalue weighted by Crippen LogP contribution is -2.53. The summed E-state index contributed by atoms with van der Waals surface area (Å²) in [7, 11) is -2.89.